The first-order chi connectivity index (χ1) is 8.56. The maximum Gasteiger partial charge on any atom is 0.250 e. The average molecular weight is 251 g/mol. The summed E-state index contributed by atoms with van der Waals surface area (Å²) < 4.78 is 10.3. The van der Waals surface area contributed by atoms with Crippen molar-refractivity contribution in [3.8, 4) is 5.75 Å². The van der Waals surface area contributed by atoms with E-state index in [1.807, 2.05) is 13.8 Å². The van der Waals surface area contributed by atoms with Gasteiger partial charge >= 0.3 is 0 Å². The predicted octanol–water partition coefficient (Wildman–Crippen LogP) is 1.87. The van der Waals surface area contributed by atoms with Gasteiger partial charge in [0.25, 0.3) is 0 Å². The summed E-state index contributed by atoms with van der Waals surface area (Å²) in [4.78, 5) is 22.2. The Morgan fingerprint density at radius 3 is 2.72 bits per heavy atom. The van der Waals surface area contributed by atoms with Crippen molar-refractivity contribution in [3.63, 3.8) is 0 Å². The molecular weight excluding hydrogens is 234 g/mol. The highest BCUT2D eigenvalue weighted by atomic mass is 16.5. The molecule has 0 spiro atoms. The standard InChI is InChI=1S/C13H17NO4/c1-9(2)18-12-5-4-10(7-15)6-11(12)14-13(16)8-17-3/h4-7,9H,8H2,1-3H3,(H,14,16). The van der Waals surface area contributed by atoms with Gasteiger partial charge in [0.05, 0.1) is 11.8 Å². The summed E-state index contributed by atoms with van der Waals surface area (Å²) in [5.74, 6) is 0.231. The van der Waals surface area contributed by atoms with Gasteiger partial charge in [-0.25, -0.2) is 0 Å². The fourth-order valence-corrected chi connectivity index (χ4v) is 1.39. The fraction of sp³-hybridized carbons (Fsp3) is 0.385. The molecule has 1 aromatic carbocycles. The second-order valence-electron chi connectivity index (χ2n) is 4.02. The Hall–Kier alpha value is -1.88. The van der Waals surface area contributed by atoms with E-state index in [4.69, 9.17) is 9.47 Å². The molecule has 0 aliphatic carbocycles. The van der Waals surface area contributed by atoms with Crippen molar-refractivity contribution in [2.24, 2.45) is 0 Å². The van der Waals surface area contributed by atoms with E-state index < -0.39 is 0 Å². The van der Waals surface area contributed by atoms with E-state index >= 15 is 0 Å². The molecule has 1 amide bonds. The van der Waals surface area contributed by atoms with Crippen molar-refractivity contribution in [2.45, 2.75) is 20.0 Å². The summed E-state index contributed by atoms with van der Waals surface area (Å²) in [6.07, 6.45) is 0.690. The van der Waals surface area contributed by atoms with Crippen LogP contribution < -0.4 is 10.1 Å². The van der Waals surface area contributed by atoms with Crippen molar-refractivity contribution >= 4 is 17.9 Å². The highest BCUT2D eigenvalue weighted by Crippen LogP contribution is 2.26. The molecule has 0 saturated heterocycles. The number of hydrogen-bond donors (Lipinski definition) is 1. The van der Waals surface area contributed by atoms with E-state index in [2.05, 4.69) is 5.32 Å². The van der Waals surface area contributed by atoms with E-state index in [0.717, 1.165) is 0 Å². The molecule has 1 rings (SSSR count). The molecule has 1 aromatic rings. The van der Waals surface area contributed by atoms with E-state index in [9.17, 15) is 9.59 Å². The lowest BCUT2D eigenvalue weighted by molar-refractivity contribution is -0.119. The highest BCUT2D eigenvalue weighted by Gasteiger charge is 2.10. The number of amides is 1. The van der Waals surface area contributed by atoms with Crippen molar-refractivity contribution in [1.82, 2.24) is 0 Å². The van der Waals surface area contributed by atoms with Gasteiger partial charge in [-0.1, -0.05) is 0 Å². The quantitative estimate of drug-likeness (QED) is 0.784. The van der Waals surface area contributed by atoms with Crippen LogP contribution in [0.1, 0.15) is 24.2 Å². The first-order valence-corrected chi connectivity index (χ1v) is 5.61. The van der Waals surface area contributed by atoms with Crippen LogP contribution in [-0.4, -0.2) is 32.0 Å². The second-order valence-corrected chi connectivity index (χ2v) is 4.02. The minimum absolute atomic E-state index is 0.0230. The van der Waals surface area contributed by atoms with Crippen LogP contribution in [0.2, 0.25) is 0 Å². The van der Waals surface area contributed by atoms with Gasteiger partial charge in [-0.3, -0.25) is 9.59 Å². The number of nitrogens with one attached hydrogen (secondary N) is 1. The van der Waals surface area contributed by atoms with E-state index in [1.165, 1.54) is 7.11 Å². The monoisotopic (exact) mass is 251 g/mol. The van der Waals surface area contributed by atoms with E-state index in [0.29, 0.717) is 23.3 Å². The summed E-state index contributed by atoms with van der Waals surface area (Å²) in [5.41, 5.74) is 0.939. The molecule has 0 bridgehead atoms. The molecule has 0 fully saturated rings. The smallest absolute Gasteiger partial charge is 0.250 e. The zero-order valence-electron chi connectivity index (χ0n) is 10.7. The number of hydrogen-bond acceptors (Lipinski definition) is 4. The molecule has 0 aliphatic heterocycles. The molecule has 0 aromatic heterocycles. The minimum Gasteiger partial charge on any atom is -0.489 e. The SMILES string of the molecule is COCC(=O)Nc1cc(C=O)ccc1OC(C)C. The Bertz CT molecular complexity index is 429. The molecule has 18 heavy (non-hydrogen) atoms. The van der Waals surface area contributed by atoms with Gasteiger partial charge in [0.1, 0.15) is 18.6 Å². The number of carbonyl (C=O) groups excluding carboxylic acids is 2. The number of rotatable bonds is 6. The number of carbonyl (C=O) groups is 2. The zero-order chi connectivity index (χ0) is 13.5. The summed E-state index contributed by atoms with van der Waals surface area (Å²) in [6, 6.07) is 4.86. The molecule has 5 nitrogen and oxygen atoms in total. The number of anilines is 1. The van der Waals surface area contributed by atoms with E-state index in [1.54, 1.807) is 18.2 Å². The number of benzene rings is 1. The lowest BCUT2D eigenvalue weighted by Gasteiger charge is -2.15. The van der Waals surface area contributed by atoms with Crippen LogP contribution in [0, 0.1) is 0 Å². The van der Waals surface area contributed by atoms with Crippen LogP contribution in [0.4, 0.5) is 5.69 Å². The highest BCUT2D eigenvalue weighted by molar-refractivity contribution is 5.94. The zero-order valence-corrected chi connectivity index (χ0v) is 10.7. The van der Waals surface area contributed by atoms with Gasteiger partial charge in [0, 0.05) is 12.7 Å². The Kier molecular flexibility index (Phi) is 5.32. The Labute approximate surface area is 106 Å². The average Bonchev–Trinajstić information content (AvgIpc) is 2.31. The van der Waals surface area contributed by atoms with Gasteiger partial charge in [0.15, 0.2) is 0 Å². The molecule has 0 atom stereocenters. The van der Waals surface area contributed by atoms with Gasteiger partial charge in [0.2, 0.25) is 5.91 Å². The first-order valence-electron chi connectivity index (χ1n) is 5.61. The van der Waals surface area contributed by atoms with Gasteiger partial charge in [-0.2, -0.15) is 0 Å². The maximum absolute atomic E-state index is 11.5. The first kappa shape index (κ1) is 14.2. The fourth-order valence-electron chi connectivity index (χ4n) is 1.39. The third kappa shape index (κ3) is 4.18. The van der Waals surface area contributed by atoms with Crippen molar-refractivity contribution in [2.75, 3.05) is 19.0 Å². The summed E-state index contributed by atoms with van der Waals surface area (Å²) >= 11 is 0. The van der Waals surface area contributed by atoms with Crippen molar-refractivity contribution in [3.05, 3.63) is 23.8 Å². The summed E-state index contributed by atoms with van der Waals surface area (Å²) in [7, 11) is 1.44. The second kappa shape index (κ2) is 6.76. The molecule has 0 heterocycles. The molecule has 0 aliphatic rings. The third-order valence-electron chi connectivity index (χ3n) is 2.05. The lowest BCUT2D eigenvalue weighted by Crippen LogP contribution is -2.18. The van der Waals surface area contributed by atoms with Crippen molar-refractivity contribution < 1.29 is 19.1 Å². The molecular formula is C13H17NO4. The normalized spacial score (nSPS) is 10.2. The topological polar surface area (TPSA) is 64.6 Å². The van der Waals surface area contributed by atoms with Crippen LogP contribution in [0.3, 0.4) is 0 Å². The maximum atomic E-state index is 11.5. The van der Waals surface area contributed by atoms with E-state index in [-0.39, 0.29) is 18.6 Å². The summed E-state index contributed by atoms with van der Waals surface area (Å²) in [6.45, 7) is 3.72. The van der Waals surface area contributed by atoms with Crippen LogP contribution in [-0.2, 0) is 9.53 Å². The Morgan fingerprint density at radius 2 is 2.17 bits per heavy atom. The van der Waals surface area contributed by atoms with Crippen LogP contribution >= 0.6 is 0 Å². The number of aldehydes is 1. The van der Waals surface area contributed by atoms with Gasteiger partial charge < -0.3 is 14.8 Å². The van der Waals surface area contributed by atoms with Crippen molar-refractivity contribution in [1.29, 1.82) is 0 Å². The summed E-state index contributed by atoms with van der Waals surface area (Å²) in [5, 5.41) is 2.64. The Balaban J connectivity index is 2.95. The number of ether oxygens (including phenoxy) is 2. The third-order valence-corrected chi connectivity index (χ3v) is 2.05. The molecule has 98 valence electrons. The molecule has 0 unspecified atom stereocenters. The van der Waals surface area contributed by atoms with Gasteiger partial charge in [-0.05, 0) is 32.0 Å². The molecule has 1 N–H and O–H groups in total. The molecule has 0 saturated carbocycles. The Morgan fingerprint density at radius 1 is 1.44 bits per heavy atom. The largest absolute Gasteiger partial charge is 0.489 e. The van der Waals surface area contributed by atoms with Crippen LogP contribution in [0.25, 0.3) is 0 Å². The molecule has 5 heteroatoms. The van der Waals surface area contributed by atoms with Gasteiger partial charge in [-0.15, -0.1) is 0 Å². The van der Waals surface area contributed by atoms with Crippen LogP contribution in [0.5, 0.6) is 5.75 Å². The predicted molar refractivity (Wildman–Crippen MR) is 68.1 cm³/mol. The lowest BCUT2D eigenvalue weighted by atomic mass is 10.2. The van der Waals surface area contributed by atoms with Crippen LogP contribution in [0.15, 0.2) is 18.2 Å². The number of methoxy groups -OCH3 is 1. The minimum atomic E-state index is -0.297. The molecule has 0 radical (unpaired) electrons.